The molecule has 0 saturated carbocycles. The van der Waals surface area contributed by atoms with E-state index >= 15 is 0 Å². The number of carboxylic acids is 1. The highest BCUT2D eigenvalue weighted by atomic mass is 35.5. The molecule has 0 saturated heterocycles. The van der Waals surface area contributed by atoms with Crippen LogP contribution >= 0.6 is 22.9 Å². The fraction of sp³-hybridized carbons (Fsp3) is 0.0526. The van der Waals surface area contributed by atoms with Gasteiger partial charge in [-0.25, -0.2) is 4.79 Å². The van der Waals surface area contributed by atoms with Gasteiger partial charge in [-0.15, -0.1) is 11.3 Å². The Kier molecular flexibility index (Phi) is 5.25. The lowest BCUT2D eigenvalue weighted by molar-refractivity contribution is 0.0698. The second kappa shape index (κ2) is 7.59. The summed E-state index contributed by atoms with van der Waals surface area (Å²) < 4.78 is 5.13. The van der Waals surface area contributed by atoms with Crippen molar-refractivity contribution in [2.24, 2.45) is 0 Å². The van der Waals surface area contributed by atoms with E-state index in [-0.39, 0.29) is 17.2 Å². The van der Waals surface area contributed by atoms with Crippen molar-refractivity contribution in [2.75, 3.05) is 12.4 Å². The van der Waals surface area contributed by atoms with Gasteiger partial charge in [-0.3, -0.25) is 4.79 Å². The van der Waals surface area contributed by atoms with Gasteiger partial charge in [0.2, 0.25) is 0 Å². The van der Waals surface area contributed by atoms with Crippen molar-refractivity contribution in [3.05, 3.63) is 69.4 Å². The number of carboxylic acid groups (broad SMARTS) is 1. The van der Waals surface area contributed by atoms with Crippen molar-refractivity contribution in [3.63, 3.8) is 0 Å². The second-order valence-electron chi connectivity index (χ2n) is 5.38. The van der Waals surface area contributed by atoms with E-state index in [1.54, 1.807) is 13.2 Å². The molecule has 0 radical (unpaired) electrons. The summed E-state index contributed by atoms with van der Waals surface area (Å²) in [5, 5.41) is 14.1. The maximum Gasteiger partial charge on any atom is 0.337 e. The number of thiophene rings is 1. The summed E-state index contributed by atoms with van der Waals surface area (Å²) in [6, 6.07) is 13.5. The summed E-state index contributed by atoms with van der Waals surface area (Å²) >= 11 is 7.18. The van der Waals surface area contributed by atoms with Crippen molar-refractivity contribution in [1.29, 1.82) is 0 Å². The molecule has 0 unspecified atom stereocenters. The normalized spacial score (nSPS) is 10.4. The molecule has 0 aliphatic carbocycles. The number of carbonyl (C=O) groups excluding carboxylic acids is 1. The van der Waals surface area contributed by atoms with Gasteiger partial charge in [-0.1, -0.05) is 23.7 Å². The highest BCUT2D eigenvalue weighted by Gasteiger charge is 2.16. The van der Waals surface area contributed by atoms with Crippen LogP contribution in [0, 0.1) is 0 Å². The summed E-state index contributed by atoms with van der Waals surface area (Å²) in [4.78, 5) is 24.2. The van der Waals surface area contributed by atoms with Crippen molar-refractivity contribution < 1.29 is 19.4 Å². The molecular weight excluding hydrogens is 374 g/mol. The Morgan fingerprint density at radius 1 is 1.08 bits per heavy atom. The Bertz CT molecular complexity index is 966. The number of anilines is 1. The molecule has 0 aliphatic rings. The number of hydrogen-bond donors (Lipinski definition) is 2. The fourth-order valence-corrected chi connectivity index (χ4v) is 3.36. The monoisotopic (exact) mass is 387 g/mol. The average Bonchev–Trinajstić information content (AvgIpc) is 3.12. The van der Waals surface area contributed by atoms with E-state index in [0.717, 1.165) is 16.9 Å². The van der Waals surface area contributed by atoms with Gasteiger partial charge >= 0.3 is 5.97 Å². The van der Waals surface area contributed by atoms with Crippen LogP contribution in [0.15, 0.2) is 53.9 Å². The van der Waals surface area contributed by atoms with E-state index in [1.165, 1.54) is 29.5 Å². The standard InChI is InChI=1S/C19H14ClNO4S/c1-25-14-5-2-11(3-6-14)12-8-17(26-10-12)18(22)21-16-9-13(20)4-7-15(16)19(23)24/h2-10H,1H3,(H,21,22)(H,23,24). The van der Waals surface area contributed by atoms with Gasteiger partial charge in [0.25, 0.3) is 5.91 Å². The van der Waals surface area contributed by atoms with Gasteiger partial charge in [0, 0.05) is 5.02 Å². The van der Waals surface area contributed by atoms with E-state index in [0.29, 0.717) is 9.90 Å². The Morgan fingerprint density at radius 3 is 2.46 bits per heavy atom. The van der Waals surface area contributed by atoms with Crippen LogP contribution < -0.4 is 10.1 Å². The number of nitrogens with one attached hydrogen (secondary N) is 1. The minimum Gasteiger partial charge on any atom is -0.497 e. The minimum atomic E-state index is -1.14. The zero-order valence-corrected chi connectivity index (χ0v) is 15.2. The van der Waals surface area contributed by atoms with E-state index < -0.39 is 5.97 Å². The molecule has 1 heterocycles. The number of carbonyl (C=O) groups is 2. The topological polar surface area (TPSA) is 75.6 Å². The Hall–Kier alpha value is -2.83. The van der Waals surface area contributed by atoms with Crippen molar-refractivity contribution in [3.8, 4) is 16.9 Å². The molecule has 0 aliphatic heterocycles. The maximum atomic E-state index is 12.5. The first-order valence-corrected chi connectivity index (χ1v) is 8.81. The number of methoxy groups -OCH3 is 1. The molecule has 26 heavy (non-hydrogen) atoms. The first-order chi connectivity index (χ1) is 12.5. The quantitative estimate of drug-likeness (QED) is 0.644. The third kappa shape index (κ3) is 3.87. The molecule has 0 fully saturated rings. The van der Waals surface area contributed by atoms with Crippen LogP contribution in [-0.2, 0) is 0 Å². The van der Waals surface area contributed by atoms with Crippen molar-refractivity contribution in [2.45, 2.75) is 0 Å². The second-order valence-corrected chi connectivity index (χ2v) is 6.72. The Morgan fingerprint density at radius 2 is 1.81 bits per heavy atom. The highest BCUT2D eigenvalue weighted by Crippen LogP contribution is 2.28. The van der Waals surface area contributed by atoms with E-state index in [4.69, 9.17) is 16.3 Å². The van der Waals surface area contributed by atoms with Gasteiger partial charge in [0.1, 0.15) is 5.75 Å². The fourth-order valence-electron chi connectivity index (χ4n) is 2.38. The lowest BCUT2D eigenvalue weighted by Gasteiger charge is -2.08. The van der Waals surface area contributed by atoms with Gasteiger partial charge in [-0.2, -0.15) is 0 Å². The molecule has 132 valence electrons. The third-order valence-corrected chi connectivity index (χ3v) is 4.87. The molecule has 0 spiro atoms. The number of ether oxygens (including phenoxy) is 1. The van der Waals surface area contributed by atoms with Crippen LogP contribution in [-0.4, -0.2) is 24.1 Å². The van der Waals surface area contributed by atoms with Gasteiger partial charge in [-0.05, 0) is 52.9 Å². The van der Waals surface area contributed by atoms with Crippen LogP contribution in [0.1, 0.15) is 20.0 Å². The number of aromatic carboxylic acids is 1. The molecule has 1 aromatic heterocycles. The molecule has 2 aromatic carbocycles. The predicted molar refractivity (Wildman–Crippen MR) is 103 cm³/mol. The van der Waals surface area contributed by atoms with Crippen LogP contribution in [0.2, 0.25) is 5.02 Å². The highest BCUT2D eigenvalue weighted by molar-refractivity contribution is 7.12. The maximum absolute atomic E-state index is 12.5. The molecular formula is C19H14ClNO4S. The van der Waals surface area contributed by atoms with Crippen LogP contribution in [0.25, 0.3) is 11.1 Å². The molecule has 5 nitrogen and oxygen atoms in total. The summed E-state index contributed by atoms with van der Waals surface area (Å²) in [6.45, 7) is 0. The molecule has 2 N–H and O–H groups in total. The van der Waals surface area contributed by atoms with Crippen molar-refractivity contribution in [1.82, 2.24) is 0 Å². The number of hydrogen-bond acceptors (Lipinski definition) is 4. The largest absolute Gasteiger partial charge is 0.497 e. The van der Waals surface area contributed by atoms with Gasteiger partial charge in [0.05, 0.1) is 23.2 Å². The number of rotatable bonds is 5. The van der Waals surface area contributed by atoms with E-state index in [9.17, 15) is 14.7 Å². The first kappa shape index (κ1) is 18.0. The number of benzene rings is 2. The lowest BCUT2D eigenvalue weighted by Crippen LogP contribution is -2.13. The smallest absolute Gasteiger partial charge is 0.337 e. The molecule has 3 rings (SSSR count). The predicted octanol–water partition coefficient (Wildman–Crippen LogP) is 5.03. The zero-order valence-electron chi connectivity index (χ0n) is 13.7. The van der Waals surface area contributed by atoms with E-state index in [1.807, 2.05) is 29.6 Å². The van der Waals surface area contributed by atoms with E-state index in [2.05, 4.69) is 5.32 Å². The van der Waals surface area contributed by atoms with Crippen LogP contribution in [0.3, 0.4) is 0 Å². The first-order valence-electron chi connectivity index (χ1n) is 7.55. The Labute approximate surface area is 158 Å². The van der Waals surface area contributed by atoms with Crippen molar-refractivity contribution >= 4 is 40.5 Å². The third-order valence-electron chi connectivity index (χ3n) is 3.71. The number of halogens is 1. The lowest BCUT2D eigenvalue weighted by atomic mass is 10.1. The molecule has 0 bridgehead atoms. The molecule has 1 amide bonds. The summed E-state index contributed by atoms with van der Waals surface area (Å²) in [6.07, 6.45) is 0. The zero-order chi connectivity index (χ0) is 18.7. The SMILES string of the molecule is COc1ccc(-c2csc(C(=O)Nc3cc(Cl)ccc3C(=O)O)c2)cc1. The summed E-state index contributed by atoms with van der Waals surface area (Å²) in [5.41, 5.74) is 1.99. The van der Waals surface area contributed by atoms with Gasteiger partial charge < -0.3 is 15.2 Å². The summed E-state index contributed by atoms with van der Waals surface area (Å²) in [7, 11) is 1.60. The molecule has 3 aromatic rings. The Balaban J connectivity index is 1.82. The molecule has 7 heteroatoms. The molecule has 0 atom stereocenters. The summed E-state index contributed by atoms with van der Waals surface area (Å²) in [5.74, 6) is -0.773. The van der Waals surface area contributed by atoms with Gasteiger partial charge in [0.15, 0.2) is 0 Å². The van der Waals surface area contributed by atoms with Crippen LogP contribution in [0.5, 0.6) is 5.75 Å². The average molecular weight is 388 g/mol. The van der Waals surface area contributed by atoms with Crippen LogP contribution in [0.4, 0.5) is 5.69 Å². The number of amides is 1. The minimum absolute atomic E-state index is 0.0188.